The standard InChI is InChI=1S/C27H27F2N7O3/c1-15(2)11-17(27(38)39-3)13-23(37)32-19-9-7-16(8-10-19)18-12-20(25(30)31-14-18)26-33-34-35-36(26)22-6-4-5-21(28)24(22)29/h4-10,12,14-15,17H,11,13H2,1-3H3,(H2,30,31)(H,32,37)/t17-/m1/s1. The quantitative estimate of drug-likeness (QED) is 0.301. The predicted octanol–water partition coefficient (Wildman–Crippen LogP) is 4.42. The van der Waals surface area contributed by atoms with Gasteiger partial charge >= 0.3 is 5.97 Å². The van der Waals surface area contributed by atoms with Gasteiger partial charge in [0.2, 0.25) is 5.91 Å². The number of carbonyl (C=O) groups is 2. The number of nitrogen functional groups attached to an aromatic ring is 1. The van der Waals surface area contributed by atoms with E-state index in [0.717, 1.165) is 16.3 Å². The molecule has 12 heteroatoms. The Balaban J connectivity index is 1.55. The van der Waals surface area contributed by atoms with Crippen LogP contribution in [0.15, 0.2) is 54.7 Å². The molecule has 4 rings (SSSR count). The van der Waals surface area contributed by atoms with Crippen LogP contribution in [0.3, 0.4) is 0 Å². The summed E-state index contributed by atoms with van der Waals surface area (Å²) >= 11 is 0. The number of anilines is 2. The summed E-state index contributed by atoms with van der Waals surface area (Å²) in [5.74, 6) is -2.97. The Morgan fingerprint density at radius 3 is 2.54 bits per heavy atom. The van der Waals surface area contributed by atoms with Crippen LogP contribution in [0.2, 0.25) is 0 Å². The Morgan fingerprint density at radius 1 is 1.10 bits per heavy atom. The number of pyridine rings is 1. The molecule has 10 nitrogen and oxygen atoms in total. The van der Waals surface area contributed by atoms with Crippen molar-refractivity contribution in [3.8, 4) is 28.2 Å². The molecule has 0 spiro atoms. The van der Waals surface area contributed by atoms with Crippen molar-refractivity contribution < 1.29 is 23.1 Å². The highest BCUT2D eigenvalue weighted by molar-refractivity contribution is 5.93. The van der Waals surface area contributed by atoms with E-state index in [1.165, 1.54) is 19.2 Å². The SMILES string of the molecule is COC(=O)[C@@H](CC(=O)Nc1ccc(-c2cnc(N)c(-c3nnnn3-c3cccc(F)c3F)c2)cc1)CC(C)C. The monoisotopic (exact) mass is 535 g/mol. The first-order chi connectivity index (χ1) is 18.7. The summed E-state index contributed by atoms with van der Waals surface area (Å²) in [4.78, 5) is 28.8. The van der Waals surface area contributed by atoms with E-state index in [-0.39, 0.29) is 35.6 Å². The summed E-state index contributed by atoms with van der Waals surface area (Å²) in [6, 6.07) is 12.3. The van der Waals surface area contributed by atoms with Gasteiger partial charge < -0.3 is 15.8 Å². The van der Waals surface area contributed by atoms with E-state index in [9.17, 15) is 18.4 Å². The molecular weight excluding hydrogens is 508 g/mol. The fourth-order valence-electron chi connectivity index (χ4n) is 4.17. The molecule has 3 N–H and O–H groups in total. The maximum Gasteiger partial charge on any atom is 0.309 e. The van der Waals surface area contributed by atoms with Gasteiger partial charge in [-0.1, -0.05) is 32.0 Å². The molecule has 39 heavy (non-hydrogen) atoms. The van der Waals surface area contributed by atoms with E-state index in [1.54, 1.807) is 36.5 Å². The molecule has 2 aromatic heterocycles. The Bertz CT molecular complexity index is 1490. The molecule has 1 atom stereocenters. The van der Waals surface area contributed by atoms with Crippen LogP contribution in [0.4, 0.5) is 20.3 Å². The molecule has 202 valence electrons. The van der Waals surface area contributed by atoms with Crippen LogP contribution in [-0.2, 0) is 14.3 Å². The number of nitrogens with zero attached hydrogens (tertiary/aromatic N) is 5. The lowest BCUT2D eigenvalue weighted by atomic mass is 9.94. The summed E-state index contributed by atoms with van der Waals surface area (Å²) in [5, 5.41) is 14.1. The minimum atomic E-state index is -1.10. The minimum absolute atomic E-state index is 0.0124. The Morgan fingerprint density at radius 2 is 1.85 bits per heavy atom. The molecule has 0 unspecified atom stereocenters. The van der Waals surface area contributed by atoms with Gasteiger partial charge in [-0.2, -0.15) is 4.68 Å². The van der Waals surface area contributed by atoms with Crippen molar-refractivity contribution in [1.29, 1.82) is 0 Å². The molecule has 0 fully saturated rings. The number of hydrogen-bond donors (Lipinski definition) is 2. The fraction of sp³-hybridized carbons (Fsp3) is 0.259. The maximum atomic E-state index is 14.4. The lowest BCUT2D eigenvalue weighted by Crippen LogP contribution is -2.24. The number of hydrogen-bond acceptors (Lipinski definition) is 8. The number of nitrogens with one attached hydrogen (secondary N) is 1. The number of halogens is 2. The molecule has 4 aromatic rings. The third-order valence-corrected chi connectivity index (χ3v) is 6.01. The van der Waals surface area contributed by atoms with E-state index < -0.39 is 23.5 Å². The number of tetrazole rings is 1. The van der Waals surface area contributed by atoms with Gasteiger partial charge in [-0.3, -0.25) is 9.59 Å². The Kier molecular flexibility index (Phi) is 8.23. The van der Waals surface area contributed by atoms with Crippen molar-refractivity contribution in [1.82, 2.24) is 25.2 Å². The van der Waals surface area contributed by atoms with E-state index >= 15 is 0 Å². The highest BCUT2D eigenvalue weighted by atomic mass is 19.2. The van der Waals surface area contributed by atoms with Crippen molar-refractivity contribution in [2.75, 3.05) is 18.2 Å². The molecule has 0 bridgehead atoms. The van der Waals surface area contributed by atoms with Gasteiger partial charge in [0.25, 0.3) is 0 Å². The van der Waals surface area contributed by atoms with Crippen molar-refractivity contribution in [2.24, 2.45) is 11.8 Å². The number of carbonyl (C=O) groups excluding carboxylic acids is 2. The van der Waals surface area contributed by atoms with Crippen LogP contribution in [0.5, 0.6) is 0 Å². The zero-order chi connectivity index (χ0) is 28.1. The molecule has 0 aliphatic carbocycles. The number of nitrogens with two attached hydrogens (primary N) is 1. The highest BCUT2D eigenvalue weighted by Gasteiger charge is 2.24. The average Bonchev–Trinajstić information content (AvgIpc) is 3.39. The van der Waals surface area contributed by atoms with Gasteiger partial charge in [-0.05, 0) is 58.7 Å². The van der Waals surface area contributed by atoms with Crippen LogP contribution in [0.1, 0.15) is 26.7 Å². The normalized spacial score (nSPS) is 11.8. The smallest absolute Gasteiger partial charge is 0.309 e. The molecule has 0 saturated heterocycles. The van der Waals surface area contributed by atoms with Gasteiger partial charge in [0.05, 0.1) is 18.6 Å². The molecule has 0 aliphatic heterocycles. The van der Waals surface area contributed by atoms with Gasteiger partial charge in [-0.25, -0.2) is 13.8 Å². The zero-order valence-electron chi connectivity index (χ0n) is 21.6. The second-order valence-corrected chi connectivity index (χ2v) is 9.32. The first-order valence-electron chi connectivity index (χ1n) is 12.1. The minimum Gasteiger partial charge on any atom is -0.469 e. The first kappa shape index (κ1) is 27.3. The van der Waals surface area contributed by atoms with E-state index in [2.05, 4.69) is 25.8 Å². The van der Waals surface area contributed by atoms with Crippen molar-refractivity contribution in [2.45, 2.75) is 26.7 Å². The van der Waals surface area contributed by atoms with Gasteiger partial charge in [0.15, 0.2) is 17.5 Å². The average molecular weight is 536 g/mol. The Labute approximate surface area is 223 Å². The van der Waals surface area contributed by atoms with Crippen molar-refractivity contribution in [3.63, 3.8) is 0 Å². The van der Waals surface area contributed by atoms with Crippen LogP contribution >= 0.6 is 0 Å². The maximum absolute atomic E-state index is 14.4. The summed E-state index contributed by atoms with van der Waals surface area (Å²) in [7, 11) is 1.31. The second kappa shape index (κ2) is 11.8. The van der Waals surface area contributed by atoms with Crippen LogP contribution < -0.4 is 11.1 Å². The molecule has 0 saturated carbocycles. The molecule has 2 aromatic carbocycles. The zero-order valence-corrected chi connectivity index (χ0v) is 21.6. The first-order valence-corrected chi connectivity index (χ1v) is 12.1. The second-order valence-electron chi connectivity index (χ2n) is 9.32. The third-order valence-electron chi connectivity index (χ3n) is 6.01. The van der Waals surface area contributed by atoms with E-state index in [0.29, 0.717) is 23.2 Å². The lowest BCUT2D eigenvalue weighted by molar-refractivity contribution is -0.147. The largest absolute Gasteiger partial charge is 0.469 e. The van der Waals surface area contributed by atoms with E-state index in [4.69, 9.17) is 10.5 Å². The number of amides is 1. The molecule has 0 aliphatic rings. The lowest BCUT2D eigenvalue weighted by Gasteiger charge is -2.16. The number of rotatable bonds is 9. The van der Waals surface area contributed by atoms with Gasteiger partial charge in [0.1, 0.15) is 11.5 Å². The van der Waals surface area contributed by atoms with Crippen LogP contribution in [-0.4, -0.2) is 44.2 Å². The topological polar surface area (TPSA) is 138 Å². The van der Waals surface area contributed by atoms with Crippen molar-refractivity contribution >= 4 is 23.4 Å². The van der Waals surface area contributed by atoms with Crippen LogP contribution in [0, 0.1) is 23.5 Å². The van der Waals surface area contributed by atoms with Gasteiger partial charge in [0, 0.05) is 23.9 Å². The van der Waals surface area contributed by atoms with Crippen LogP contribution in [0.25, 0.3) is 28.2 Å². The molecule has 2 heterocycles. The fourth-order valence-corrected chi connectivity index (χ4v) is 4.17. The number of aromatic nitrogens is 5. The highest BCUT2D eigenvalue weighted by Crippen LogP contribution is 2.30. The third kappa shape index (κ3) is 6.22. The predicted molar refractivity (Wildman–Crippen MR) is 140 cm³/mol. The molecular formula is C27H27F2N7O3. The number of esters is 1. The molecule has 0 radical (unpaired) electrons. The number of benzene rings is 2. The van der Waals surface area contributed by atoms with E-state index in [1.807, 2.05) is 13.8 Å². The number of methoxy groups -OCH3 is 1. The summed E-state index contributed by atoms with van der Waals surface area (Å²) in [6.45, 7) is 3.95. The van der Waals surface area contributed by atoms with Crippen molar-refractivity contribution in [3.05, 3.63) is 66.4 Å². The summed E-state index contributed by atoms with van der Waals surface area (Å²) < 4.78 is 34.1. The molecule has 1 amide bonds. The summed E-state index contributed by atoms with van der Waals surface area (Å²) in [6.07, 6.45) is 2.11. The van der Waals surface area contributed by atoms with Gasteiger partial charge in [-0.15, -0.1) is 5.10 Å². The Hall–Kier alpha value is -4.74. The number of ether oxygens (including phenoxy) is 1. The summed E-state index contributed by atoms with van der Waals surface area (Å²) in [5.41, 5.74) is 8.16.